The molecular weight excluding hydrogens is 552 g/mol. The van der Waals surface area contributed by atoms with Crippen LogP contribution in [0.1, 0.15) is 32.6 Å². The molecule has 0 spiro atoms. The van der Waals surface area contributed by atoms with Crippen LogP contribution in [0.3, 0.4) is 0 Å². The molecule has 0 saturated carbocycles. The lowest BCUT2D eigenvalue weighted by atomic mass is 9.99. The topological polar surface area (TPSA) is 147 Å². The van der Waals surface area contributed by atoms with Crippen molar-refractivity contribution in [3.63, 3.8) is 0 Å². The van der Waals surface area contributed by atoms with E-state index in [1.807, 2.05) is 17.5 Å². The molecule has 14 heteroatoms. The average molecular weight is 581 g/mol. The highest BCUT2D eigenvalue weighted by Gasteiger charge is 2.53. The lowest BCUT2D eigenvalue weighted by Gasteiger charge is -2.44. The van der Waals surface area contributed by atoms with E-state index in [0.717, 1.165) is 37.4 Å². The number of aliphatic imine (C=N–C) groups is 1. The number of nitrogens with zero attached hydrogens (tertiary/aromatic N) is 2. The SMILES string of the molecule is C=CCN1C(=O)/C(=C/c2cccs2)N=C1S[C@@H]1O[C@H](COC(C)=O)[C@H](OC(C)=O)[C@H](OC(C)=O)[C@H]1OC(C)=O. The maximum Gasteiger partial charge on any atom is 0.303 e. The maximum atomic E-state index is 13.1. The van der Waals surface area contributed by atoms with Crippen LogP contribution < -0.4 is 0 Å². The van der Waals surface area contributed by atoms with E-state index in [0.29, 0.717) is 0 Å². The highest BCUT2D eigenvalue weighted by Crippen LogP contribution is 2.37. The Bertz CT molecular complexity index is 1180. The molecule has 0 aromatic carbocycles. The third-order valence-electron chi connectivity index (χ3n) is 5.21. The monoisotopic (exact) mass is 580 g/mol. The summed E-state index contributed by atoms with van der Waals surface area (Å²) in [6.45, 7) is 8.09. The maximum absolute atomic E-state index is 13.1. The Morgan fingerprint density at radius 1 is 1.05 bits per heavy atom. The van der Waals surface area contributed by atoms with Crippen LogP contribution in [0.25, 0.3) is 6.08 Å². The molecule has 0 unspecified atom stereocenters. The van der Waals surface area contributed by atoms with E-state index in [9.17, 15) is 24.0 Å². The minimum absolute atomic E-state index is 0.123. The quantitative estimate of drug-likeness (QED) is 0.183. The van der Waals surface area contributed by atoms with Gasteiger partial charge >= 0.3 is 23.9 Å². The number of amides is 1. The summed E-state index contributed by atoms with van der Waals surface area (Å²) in [6, 6.07) is 3.68. The first kappa shape index (κ1) is 30.1. The summed E-state index contributed by atoms with van der Waals surface area (Å²) in [4.78, 5) is 67.4. The molecule has 0 aliphatic carbocycles. The molecule has 39 heavy (non-hydrogen) atoms. The number of hydrogen-bond acceptors (Lipinski definition) is 13. The molecule has 3 rings (SSSR count). The highest BCUT2D eigenvalue weighted by molar-refractivity contribution is 8.14. The molecule has 1 amide bonds. The normalized spacial score (nSPS) is 25.6. The molecule has 1 aromatic rings. The van der Waals surface area contributed by atoms with Gasteiger partial charge in [0.25, 0.3) is 5.91 Å². The van der Waals surface area contributed by atoms with Crippen LogP contribution in [-0.2, 0) is 47.7 Å². The largest absolute Gasteiger partial charge is 0.463 e. The van der Waals surface area contributed by atoms with E-state index < -0.39 is 53.7 Å². The number of amidine groups is 1. The smallest absolute Gasteiger partial charge is 0.303 e. The zero-order valence-corrected chi connectivity index (χ0v) is 23.3. The predicted octanol–water partition coefficient (Wildman–Crippen LogP) is 2.29. The predicted molar refractivity (Wildman–Crippen MR) is 141 cm³/mol. The first-order valence-corrected chi connectivity index (χ1v) is 13.5. The van der Waals surface area contributed by atoms with Crippen molar-refractivity contribution in [2.75, 3.05) is 13.2 Å². The third-order valence-corrected chi connectivity index (χ3v) is 7.17. The Balaban J connectivity index is 2.03. The van der Waals surface area contributed by atoms with Crippen molar-refractivity contribution in [1.29, 1.82) is 0 Å². The van der Waals surface area contributed by atoms with Crippen molar-refractivity contribution in [2.24, 2.45) is 4.99 Å². The number of carbonyl (C=O) groups is 5. The standard InChI is InChI=1S/C25H28N2O10S2/c1-6-9-27-23(32)18(11-17-8-7-10-38-17)26-25(27)39-24-22(36-16(5)31)21(35-15(4)30)20(34-14(3)29)19(37-24)12-33-13(2)28/h6-8,10-11,19-22,24H,1,9,12H2,2-5H3/b18-11-/t19-,20+,21+,22-,24+/m1/s1. The van der Waals surface area contributed by atoms with Crippen LogP contribution >= 0.6 is 23.1 Å². The second-order valence-corrected chi connectivity index (χ2v) is 10.4. The Morgan fingerprint density at radius 2 is 1.69 bits per heavy atom. The fourth-order valence-corrected chi connectivity index (χ4v) is 5.64. The summed E-state index contributed by atoms with van der Waals surface area (Å²) in [6.07, 6.45) is -1.84. The number of rotatable bonds is 9. The van der Waals surface area contributed by atoms with E-state index in [1.54, 1.807) is 6.08 Å². The molecule has 0 N–H and O–H groups in total. The highest BCUT2D eigenvalue weighted by atomic mass is 32.2. The molecule has 0 radical (unpaired) electrons. The molecule has 1 aromatic heterocycles. The van der Waals surface area contributed by atoms with Crippen LogP contribution in [0.15, 0.2) is 40.9 Å². The van der Waals surface area contributed by atoms with Crippen molar-refractivity contribution < 1.29 is 47.7 Å². The van der Waals surface area contributed by atoms with Crippen LogP contribution in [0.4, 0.5) is 0 Å². The lowest BCUT2D eigenvalue weighted by Crippen LogP contribution is -2.61. The minimum atomic E-state index is -1.33. The molecule has 2 aliphatic heterocycles. The second kappa shape index (κ2) is 13.5. The summed E-state index contributed by atoms with van der Waals surface area (Å²) in [7, 11) is 0. The number of thioether (sulfide) groups is 1. The molecule has 0 bridgehead atoms. The molecular formula is C25H28N2O10S2. The summed E-state index contributed by atoms with van der Waals surface area (Å²) < 4.78 is 27.6. The number of hydrogen-bond donors (Lipinski definition) is 0. The average Bonchev–Trinajstić information content (AvgIpc) is 3.45. The Morgan fingerprint density at radius 3 is 2.26 bits per heavy atom. The van der Waals surface area contributed by atoms with Gasteiger partial charge in [0, 0.05) is 39.1 Å². The van der Waals surface area contributed by atoms with E-state index in [2.05, 4.69) is 11.6 Å². The Labute approximate surface area is 232 Å². The van der Waals surface area contributed by atoms with Crippen molar-refractivity contribution in [1.82, 2.24) is 4.90 Å². The van der Waals surface area contributed by atoms with Gasteiger partial charge in [-0.05, 0) is 17.5 Å². The summed E-state index contributed by atoms with van der Waals surface area (Å²) in [5.41, 5.74) is -0.946. The van der Waals surface area contributed by atoms with Gasteiger partial charge in [-0.2, -0.15) is 0 Å². The number of ether oxygens (including phenoxy) is 5. The van der Waals surface area contributed by atoms with E-state index >= 15 is 0 Å². The summed E-state index contributed by atoms with van der Waals surface area (Å²) in [5.74, 6) is -3.20. The first-order valence-electron chi connectivity index (χ1n) is 11.7. The van der Waals surface area contributed by atoms with Crippen molar-refractivity contribution in [2.45, 2.75) is 57.5 Å². The Kier molecular flexibility index (Phi) is 10.4. The molecule has 2 aliphatic rings. The van der Waals surface area contributed by atoms with Crippen molar-refractivity contribution >= 4 is 64.1 Å². The van der Waals surface area contributed by atoms with Gasteiger partial charge < -0.3 is 23.7 Å². The van der Waals surface area contributed by atoms with Crippen LogP contribution in [0, 0.1) is 0 Å². The number of esters is 4. The number of carbonyl (C=O) groups excluding carboxylic acids is 5. The lowest BCUT2D eigenvalue weighted by molar-refractivity contribution is -0.237. The fourth-order valence-electron chi connectivity index (χ4n) is 3.81. The van der Waals surface area contributed by atoms with Gasteiger partial charge in [-0.15, -0.1) is 17.9 Å². The minimum Gasteiger partial charge on any atom is -0.463 e. The van der Waals surface area contributed by atoms with Crippen LogP contribution in [-0.4, -0.2) is 82.9 Å². The summed E-state index contributed by atoms with van der Waals surface area (Å²) in [5, 5.41) is 2.08. The molecule has 1 saturated heterocycles. The van der Waals surface area contributed by atoms with E-state index in [1.165, 1.54) is 29.2 Å². The summed E-state index contributed by atoms with van der Waals surface area (Å²) >= 11 is 2.37. The van der Waals surface area contributed by atoms with Crippen molar-refractivity contribution in [3.05, 3.63) is 40.7 Å². The molecule has 210 valence electrons. The zero-order valence-electron chi connectivity index (χ0n) is 21.7. The molecule has 12 nitrogen and oxygen atoms in total. The van der Waals surface area contributed by atoms with Crippen molar-refractivity contribution in [3.8, 4) is 0 Å². The van der Waals surface area contributed by atoms with Gasteiger partial charge in [0.05, 0.1) is 0 Å². The van der Waals surface area contributed by atoms with Gasteiger partial charge in [-0.25, -0.2) is 4.99 Å². The number of thiophene rings is 1. The third kappa shape index (κ3) is 8.00. The fraction of sp³-hybridized carbons (Fsp3) is 0.440. The van der Waals surface area contributed by atoms with Crippen LogP contribution in [0.2, 0.25) is 0 Å². The van der Waals surface area contributed by atoms with E-state index in [4.69, 9.17) is 23.7 Å². The van der Waals surface area contributed by atoms with Gasteiger partial charge in [-0.1, -0.05) is 23.9 Å². The molecule has 5 atom stereocenters. The zero-order chi connectivity index (χ0) is 28.7. The van der Waals surface area contributed by atoms with Crippen LogP contribution in [0.5, 0.6) is 0 Å². The van der Waals surface area contributed by atoms with Gasteiger partial charge in [0.2, 0.25) is 0 Å². The van der Waals surface area contributed by atoms with Gasteiger partial charge in [0.15, 0.2) is 28.9 Å². The second-order valence-electron chi connectivity index (χ2n) is 8.33. The van der Waals surface area contributed by atoms with Gasteiger partial charge in [-0.3, -0.25) is 28.9 Å². The first-order chi connectivity index (χ1) is 18.5. The molecule has 3 heterocycles. The van der Waals surface area contributed by atoms with E-state index in [-0.39, 0.29) is 29.9 Å². The van der Waals surface area contributed by atoms with Gasteiger partial charge in [0.1, 0.15) is 18.4 Å². The molecule has 1 fully saturated rings. The Hall–Kier alpha value is -3.49.